The van der Waals surface area contributed by atoms with Crippen LogP contribution in [0.15, 0.2) is 28.8 Å². The number of nitrogens with zero attached hydrogens (tertiary/aromatic N) is 4. The smallest absolute Gasteiger partial charge is 0.273 e. The lowest BCUT2D eigenvalue weighted by Crippen LogP contribution is -2.22. The molecule has 7 heteroatoms. The molecule has 2 aromatic rings. The van der Waals surface area contributed by atoms with Gasteiger partial charge < -0.3 is 4.52 Å². The summed E-state index contributed by atoms with van der Waals surface area (Å²) in [7, 11) is 1.87. The Hall–Kier alpha value is -2.28. The van der Waals surface area contributed by atoms with Gasteiger partial charge in [-0.1, -0.05) is 30.3 Å². The lowest BCUT2D eigenvalue weighted by Gasteiger charge is -2.21. The molecule has 0 amide bonds. The molecule has 21 heavy (non-hydrogen) atoms. The van der Waals surface area contributed by atoms with Crippen molar-refractivity contribution in [3.05, 3.63) is 51.7 Å². The molecule has 112 valence electrons. The van der Waals surface area contributed by atoms with E-state index >= 15 is 0 Å². The molecule has 1 heterocycles. The second-order valence-corrected chi connectivity index (χ2v) is 4.88. The van der Waals surface area contributed by atoms with E-state index in [1.54, 1.807) is 18.2 Å². The Morgan fingerprint density at radius 1 is 1.43 bits per heavy atom. The number of nitro groups is 1. The molecule has 0 saturated carbocycles. The highest BCUT2D eigenvalue weighted by atomic mass is 16.6. The van der Waals surface area contributed by atoms with Crippen LogP contribution < -0.4 is 0 Å². The first kappa shape index (κ1) is 15.1. The lowest BCUT2D eigenvalue weighted by molar-refractivity contribution is -0.385. The van der Waals surface area contributed by atoms with E-state index in [1.807, 2.05) is 25.8 Å². The Labute approximate surface area is 122 Å². The van der Waals surface area contributed by atoms with Crippen molar-refractivity contribution < 1.29 is 9.45 Å². The zero-order valence-electron chi connectivity index (χ0n) is 12.3. The molecule has 1 aromatic carbocycles. The van der Waals surface area contributed by atoms with Gasteiger partial charge in [-0.2, -0.15) is 4.98 Å². The molecule has 0 saturated heterocycles. The number of hydrogen-bond donors (Lipinski definition) is 0. The zero-order chi connectivity index (χ0) is 15.4. The topological polar surface area (TPSA) is 85.3 Å². The number of aromatic nitrogens is 2. The third kappa shape index (κ3) is 3.43. The molecule has 0 N–H and O–H groups in total. The van der Waals surface area contributed by atoms with Crippen LogP contribution in [0.25, 0.3) is 0 Å². The number of nitro benzene ring substituents is 1. The second kappa shape index (κ2) is 6.45. The van der Waals surface area contributed by atoms with Crippen LogP contribution in [-0.4, -0.2) is 27.0 Å². The quantitative estimate of drug-likeness (QED) is 0.600. The molecule has 1 aromatic heterocycles. The summed E-state index contributed by atoms with van der Waals surface area (Å²) in [5.74, 6) is 1.18. The molecule has 1 unspecified atom stereocenters. The van der Waals surface area contributed by atoms with Crippen LogP contribution in [0.3, 0.4) is 0 Å². The van der Waals surface area contributed by atoms with Crippen molar-refractivity contribution >= 4 is 5.69 Å². The molecular formula is C14H18N4O3. The fourth-order valence-corrected chi connectivity index (χ4v) is 2.00. The minimum Gasteiger partial charge on any atom is -0.338 e. The van der Waals surface area contributed by atoms with E-state index in [-0.39, 0.29) is 16.7 Å². The van der Waals surface area contributed by atoms with Gasteiger partial charge in [0.05, 0.1) is 11.0 Å². The van der Waals surface area contributed by atoms with Gasteiger partial charge >= 0.3 is 0 Å². The van der Waals surface area contributed by atoms with Gasteiger partial charge in [0.1, 0.15) is 0 Å². The third-order valence-corrected chi connectivity index (χ3v) is 3.43. The SMILES string of the molecule is CCc1noc(C(C)N(C)Cc2ccccc2[N+](=O)[O-])n1. The van der Waals surface area contributed by atoms with E-state index in [0.29, 0.717) is 30.2 Å². The molecule has 7 nitrogen and oxygen atoms in total. The maximum Gasteiger partial charge on any atom is 0.273 e. The number of hydrogen-bond acceptors (Lipinski definition) is 6. The lowest BCUT2D eigenvalue weighted by atomic mass is 10.1. The zero-order valence-corrected chi connectivity index (χ0v) is 12.3. The van der Waals surface area contributed by atoms with Crippen LogP contribution in [0, 0.1) is 10.1 Å². The highest BCUT2D eigenvalue weighted by Gasteiger charge is 2.21. The molecule has 0 aliphatic rings. The van der Waals surface area contributed by atoms with Gasteiger partial charge in [0, 0.05) is 24.6 Å². The Balaban J connectivity index is 2.14. The summed E-state index contributed by atoms with van der Waals surface area (Å²) in [6.07, 6.45) is 0.712. The standard InChI is InChI=1S/C14H18N4O3/c1-4-13-15-14(21-16-13)10(2)17(3)9-11-7-5-6-8-12(11)18(19)20/h5-8,10H,4,9H2,1-3H3. The molecule has 0 spiro atoms. The van der Waals surface area contributed by atoms with Gasteiger partial charge in [-0.05, 0) is 14.0 Å². The third-order valence-electron chi connectivity index (χ3n) is 3.43. The first-order valence-corrected chi connectivity index (χ1v) is 6.78. The van der Waals surface area contributed by atoms with E-state index in [2.05, 4.69) is 10.1 Å². The van der Waals surface area contributed by atoms with Gasteiger partial charge in [-0.15, -0.1) is 0 Å². The van der Waals surface area contributed by atoms with Crippen LogP contribution in [0.4, 0.5) is 5.69 Å². The van der Waals surface area contributed by atoms with Crippen molar-refractivity contribution in [1.29, 1.82) is 0 Å². The molecule has 0 fully saturated rings. The van der Waals surface area contributed by atoms with Gasteiger partial charge in [-0.25, -0.2) is 0 Å². The van der Waals surface area contributed by atoms with Crippen LogP contribution in [0.5, 0.6) is 0 Å². The Bertz CT molecular complexity index is 626. The van der Waals surface area contributed by atoms with E-state index in [0.717, 1.165) is 0 Å². The van der Waals surface area contributed by atoms with Crippen molar-refractivity contribution in [2.24, 2.45) is 0 Å². The van der Waals surface area contributed by atoms with Crippen LogP contribution in [-0.2, 0) is 13.0 Å². The summed E-state index contributed by atoms with van der Waals surface area (Å²) in [5, 5.41) is 14.9. The molecule has 0 aliphatic carbocycles. The first-order chi connectivity index (χ1) is 10.0. The predicted octanol–water partition coefficient (Wildman–Crippen LogP) is 2.73. The second-order valence-electron chi connectivity index (χ2n) is 4.88. The molecule has 2 rings (SSSR count). The maximum atomic E-state index is 11.0. The highest BCUT2D eigenvalue weighted by Crippen LogP contribution is 2.24. The van der Waals surface area contributed by atoms with Gasteiger partial charge in [0.25, 0.3) is 5.69 Å². The average molecular weight is 290 g/mol. The normalized spacial score (nSPS) is 12.6. The Kier molecular flexibility index (Phi) is 4.64. The maximum absolute atomic E-state index is 11.0. The molecule has 0 radical (unpaired) electrons. The fraction of sp³-hybridized carbons (Fsp3) is 0.429. The van der Waals surface area contributed by atoms with Crippen molar-refractivity contribution in [1.82, 2.24) is 15.0 Å². The van der Waals surface area contributed by atoms with E-state index in [9.17, 15) is 10.1 Å². The predicted molar refractivity (Wildman–Crippen MR) is 76.7 cm³/mol. The molecular weight excluding hydrogens is 272 g/mol. The Morgan fingerprint density at radius 2 is 2.14 bits per heavy atom. The van der Waals surface area contributed by atoms with Crippen LogP contribution >= 0.6 is 0 Å². The van der Waals surface area contributed by atoms with Crippen molar-refractivity contribution in [2.45, 2.75) is 32.9 Å². The Morgan fingerprint density at radius 3 is 2.76 bits per heavy atom. The minimum atomic E-state index is -0.365. The van der Waals surface area contributed by atoms with Crippen molar-refractivity contribution in [2.75, 3.05) is 7.05 Å². The van der Waals surface area contributed by atoms with Gasteiger partial charge in [0.15, 0.2) is 5.82 Å². The highest BCUT2D eigenvalue weighted by molar-refractivity contribution is 5.39. The van der Waals surface area contributed by atoms with E-state index < -0.39 is 0 Å². The van der Waals surface area contributed by atoms with Gasteiger partial charge in [0.2, 0.25) is 5.89 Å². The number of rotatable bonds is 6. The fourth-order valence-electron chi connectivity index (χ4n) is 2.00. The molecule has 0 bridgehead atoms. The average Bonchev–Trinajstić information content (AvgIpc) is 2.95. The molecule has 0 aliphatic heterocycles. The summed E-state index contributed by atoms with van der Waals surface area (Å²) >= 11 is 0. The summed E-state index contributed by atoms with van der Waals surface area (Å²) < 4.78 is 5.22. The monoisotopic (exact) mass is 290 g/mol. The first-order valence-electron chi connectivity index (χ1n) is 6.78. The number of benzene rings is 1. The largest absolute Gasteiger partial charge is 0.338 e. The summed E-state index contributed by atoms with van der Waals surface area (Å²) in [6, 6.07) is 6.61. The van der Waals surface area contributed by atoms with Crippen molar-refractivity contribution in [3.8, 4) is 0 Å². The van der Waals surface area contributed by atoms with E-state index in [4.69, 9.17) is 4.52 Å². The van der Waals surface area contributed by atoms with Gasteiger partial charge in [-0.3, -0.25) is 15.0 Å². The van der Waals surface area contributed by atoms with Crippen molar-refractivity contribution in [3.63, 3.8) is 0 Å². The van der Waals surface area contributed by atoms with Crippen LogP contribution in [0.1, 0.15) is 37.2 Å². The van der Waals surface area contributed by atoms with Crippen LogP contribution in [0.2, 0.25) is 0 Å². The summed E-state index contributed by atoms with van der Waals surface area (Å²) in [5.41, 5.74) is 0.781. The summed E-state index contributed by atoms with van der Waals surface area (Å²) in [6.45, 7) is 4.32. The number of aryl methyl sites for hydroxylation is 1. The summed E-state index contributed by atoms with van der Waals surface area (Å²) in [4.78, 5) is 16.9. The minimum absolute atomic E-state index is 0.113. The van der Waals surface area contributed by atoms with E-state index in [1.165, 1.54) is 6.07 Å². The number of para-hydroxylation sites is 1. The molecule has 1 atom stereocenters.